The highest BCUT2D eigenvalue weighted by Crippen LogP contribution is 2.46. The second-order valence-corrected chi connectivity index (χ2v) is 8.68. The number of halogens is 1. The minimum absolute atomic E-state index is 0.261. The van der Waals surface area contributed by atoms with E-state index in [0.29, 0.717) is 0 Å². The highest BCUT2D eigenvalue weighted by atomic mass is 127. The summed E-state index contributed by atoms with van der Waals surface area (Å²) in [5, 5.41) is 0. The topological polar surface area (TPSA) is 0 Å². The van der Waals surface area contributed by atoms with Crippen molar-refractivity contribution in [2.45, 2.75) is 59.0 Å². The molecule has 0 saturated carbocycles. The molecule has 0 rings (SSSR count). The maximum atomic E-state index is 2.59. The van der Waals surface area contributed by atoms with Crippen LogP contribution in [0.15, 0.2) is 0 Å². The van der Waals surface area contributed by atoms with Crippen LogP contribution in [0, 0.1) is 11.8 Å². The van der Waals surface area contributed by atoms with Gasteiger partial charge in [0, 0.05) is 4.43 Å². The van der Waals surface area contributed by atoms with Gasteiger partial charge in [-0.1, -0.05) is 63.1 Å². The van der Waals surface area contributed by atoms with Gasteiger partial charge in [0.2, 0.25) is 0 Å². The van der Waals surface area contributed by atoms with E-state index in [0.717, 1.165) is 17.5 Å². The molecule has 2 heteroatoms. The standard InChI is InChI=1S/C14H30IP/c1-6-9-13(11-15)12(4)14(10-7-2)16(5)8-3/h12-14H,6-11H2,1-5H3/t12-,13?,14?,16?/m1/s1. The van der Waals surface area contributed by atoms with Gasteiger partial charge in [0.25, 0.3) is 0 Å². The Labute approximate surface area is 118 Å². The SMILES string of the molecule is CCCC(CI)[C@@H](C)C(CCC)P(C)CC. The van der Waals surface area contributed by atoms with Crippen molar-refractivity contribution in [1.29, 1.82) is 0 Å². The first-order chi connectivity index (χ1) is 7.62. The summed E-state index contributed by atoms with van der Waals surface area (Å²) >= 11 is 2.59. The van der Waals surface area contributed by atoms with Crippen molar-refractivity contribution in [1.82, 2.24) is 0 Å². The first-order valence-corrected chi connectivity index (χ1v) is 10.4. The van der Waals surface area contributed by atoms with Gasteiger partial charge < -0.3 is 0 Å². The van der Waals surface area contributed by atoms with Crippen LogP contribution in [-0.4, -0.2) is 22.9 Å². The van der Waals surface area contributed by atoms with Crippen molar-refractivity contribution in [3.05, 3.63) is 0 Å². The monoisotopic (exact) mass is 356 g/mol. The summed E-state index contributed by atoms with van der Waals surface area (Å²) in [6, 6.07) is 0. The molecule has 4 atom stereocenters. The number of hydrogen-bond donors (Lipinski definition) is 0. The number of alkyl halides is 1. The largest absolute Gasteiger partial charge is 0.107 e. The molecule has 0 aliphatic heterocycles. The zero-order chi connectivity index (χ0) is 12.6. The van der Waals surface area contributed by atoms with Gasteiger partial charge in [0.15, 0.2) is 0 Å². The molecule has 98 valence electrons. The fraction of sp³-hybridized carbons (Fsp3) is 1.00. The van der Waals surface area contributed by atoms with E-state index in [4.69, 9.17) is 0 Å². The Kier molecular flexibility index (Phi) is 10.9. The Balaban J connectivity index is 4.49. The van der Waals surface area contributed by atoms with Crippen molar-refractivity contribution in [3.63, 3.8) is 0 Å². The van der Waals surface area contributed by atoms with Gasteiger partial charge >= 0.3 is 0 Å². The first kappa shape index (κ1) is 17.2. The molecule has 0 saturated heterocycles. The van der Waals surface area contributed by atoms with E-state index in [1.807, 2.05) is 0 Å². The van der Waals surface area contributed by atoms with E-state index in [9.17, 15) is 0 Å². The average molecular weight is 356 g/mol. The Hall–Kier alpha value is 1.16. The zero-order valence-corrected chi connectivity index (χ0v) is 14.9. The van der Waals surface area contributed by atoms with Crippen molar-refractivity contribution in [2.24, 2.45) is 11.8 Å². The predicted molar refractivity (Wildman–Crippen MR) is 88.5 cm³/mol. The smallest absolute Gasteiger partial charge is 0.00264 e. The van der Waals surface area contributed by atoms with Crippen LogP contribution in [-0.2, 0) is 0 Å². The molecule has 0 fully saturated rings. The van der Waals surface area contributed by atoms with E-state index in [2.05, 4.69) is 57.0 Å². The minimum Gasteiger partial charge on any atom is -0.107 e. The summed E-state index contributed by atoms with van der Waals surface area (Å²) in [5.41, 5.74) is 1.01. The molecule has 0 nitrogen and oxygen atoms in total. The third kappa shape index (κ3) is 5.67. The summed E-state index contributed by atoms with van der Waals surface area (Å²) in [4.78, 5) is 0. The Morgan fingerprint density at radius 3 is 2.00 bits per heavy atom. The van der Waals surface area contributed by atoms with Gasteiger partial charge in [-0.05, 0) is 43.2 Å². The van der Waals surface area contributed by atoms with E-state index in [1.54, 1.807) is 0 Å². The van der Waals surface area contributed by atoms with Gasteiger partial charge in [-0.2, -0.15) is 0 Å². The van der Waals surface area contributed by atoms with Gasteiger partial charge in [-0.3, -0.25) is 0 Å². The van der Waals surface area contributed by atoms with Gasteiger partial charge in [-0.15, -0.1) is 7.92 Å². The van der Waals surface area contributed by atoms with E-state index < -0.39 is 0 Å². The summed E-state index contributed by atoms with van der Waals surface area (Å²) in [6.07, 6.45) is 7.00. The molecule has 0 aromatic carbocycles. The highest BCUT2D eigenvalue weighted by Gasteiger charge is 2.26. The lowest BCUT2D eigenvalue weighted by Gasteiger charge is -2.34. The van der Waals surface area contributed by atoms with Crippen LogP contribution in [0.4, 0.5) is 0 Å². The first-order valence-electron chi connectivity index (χ1n) is 6.88. The Morgan fingerprint density at radius 2 is 1.62 bits per heavy atom. The van der Waals surface area contributed by atoms with Gasteiger partial charge in [0.1, 0.15) is 0 Å². The lowest BCUT2D eigenvalue weighted by Crippen LogP contribution is -2.26. The van der Waals surface area contributed by atoms with Crippen LogP contribution in [0.2, 0.25) is 0 Å². The van der Waals surface area contributed by atoms with Crippen molar-refractivity contribution >= 4 is 30.5 Å². The molecule has 0 radical (unpaired) electrons. The molecule has 0 spiro atoms. The second kappa shape index (κ2) is 10.1. The summed E-state index contributed by atoms with van der Waals surface area (Å²) < 4.78 is 1.35. The maximum absolute atomic E-state index is 2.59. The molecule has 0 amide bonds. The number of hydrogen-bond acceptors (Lipinski definition) is 0. The van der Waals surface area contributed by atoms with Crippen LogP contribution < -0.4 is 0 Å². The molecule has 0 N–H and O–H groups in total. The van der Waals surface area contributed by atoms with Crippen LogP contribution in [0.25, 0.3) is 0 Å². The van der Waals surface area contributed by atoms with Crippen LogP contribution in [0.1, 0.15) is 53.4 Å². The van der Waals surface area contributed by atoms with Crippen LogP contribution >= 0.6 is 30.5 Å². The molecule has 0 aromatic rings. The maximum Gasteiger partial charge on any atom is 0.00264 e. The summed E-state index contributed by atoms with van der Waals surface area (Å²) in [7, 11) is 0.261. The lowest BCUT2D eigenvalue weighted by molar-refractivity contribution is 0.349. The third-order valence-corrected chi connectivity index (χ3v) is 7.85. The fourth-order valence-electron chi connectivity index (χ4n) is 2.58. The molecular weight excluding hydrogens is 326 g/mol. The molecule has 16 heavy (non-hydrogen) atoms. The molecular formula is C14H30IP. The van der Waals surface area contributed by atoms with Gasteiger partial charge in [-0.25, -0.2) is 0 Å². The van der Waals surface area contributed by atoms with E-state index in [1.165, 1.54) is 36.3 Å². The minimum atomic E-state index is 0.261. The molecule has 0 aliphatic rings. The normalized spacial score (nSPS) is 19.1. The van der Waals surface area contributed by atoms with Crippen molar-refractivity contribution < 1.29 is 0 Å². The summed E-state index contributed by atoms with van der Waals surface area (Å²) in [6.45, 7) is 12.1. The molecule has 0 bridgehead atoms. The molecule has 0 aliphatic carbocycles. The molecule has 0 aromatic heterocycles. The highest BCUT2D eigenvalue weighted by molar-refractivity contribution is 14.1. The van der Waals surface area contributed by atoms with Crippen LogP contribution in [0.3, 0.4) is 0 Å². The quantitative estimate of drug-likeness (QED) is 0.279. The van der Waals surface area contributed by atoms with E-state index >= 15 is 0 Å². The predicted octanol–water partition coefficient (Wildman–Crippen LogP) is 5.77. The number of rotatable bonds is 9. The zero-order valence-electron chi connectivity index (χ0n) is 11.8. The van der Waals surface area contributed by atoms with Gasteiger partial charge in [0.05, 0.1) is 0 Å². The lowest BCUT2D eigenvalue weighted by atomic mass is 9.87. The molecule has 0 heterocycles. The second-order valence-electron chi connectivity index (χ2n) is 4.99. The Morgan fingerprint density at radius 1 is 1.06 bits per heavy atom. The van der Waals surface area contributed by atoms with Crippen molar-refractivity contribution in [2.75, 3.05) is 17.3 Å². The van der Waals surface area contributed by atoms with Crippen molar-refractivity contribution in [3.8, 4) is 0 Å². The summed E-state index contributed by atoms with van der Waals surface area (Å²) in [5.74, 6) is 1.89. The average Bonchev–Trinajstić information content (AvgIpc) is 2.31. The van der Waals surface area contributed by atoms with Crippen LogP contribution in [0.5, 0.6) is 0 Å². The molecule has 3 unspecified atom stereocenters. The third-order valence-electron chi connectivity index (χ3n) is 3.86. The van der Waals surface area contributed by atoms with E-state index in [-0.39, 0.29) is 7.92 Å². The fourth-order valence-corrected chi connectivity index (χ4v) is 6.04. The Bertz CT molecular complexity index is 161.